The van der Waals surface area contributed by atoms with Gasteiger partial charge >= 0.3 is 0 Å². The van der Waals surface area contributed by atoms with Crippen LogP contribution in [-0.4, -0.2) is 31.1 Å². The largest absolute Gasteiger partial charge is 0.368 e. The Morgan fingerprint density at radius 2 is 1.91 bits per heavy atom. The Morgan fingerprint density at radius 3 is 2.39 bits per heavy atom. The van der Waals surface area contributed by atoms with Gasteiger partial charge in [-0.05, 0) is 63.2 Å². The number of hydrogen-bond donors (Lipinski definition) is 2. The lowest BCUT2D eigenvalue weighted by atomic mass is 9.71. The van der Waals surface area contributed by atoms with Gasteiger partial charge in [-0.1, -0.05) is 32.0 Å². The molecule has 0 radical (unpaired) electrons. The van der Waals surface area contributed by atoms with Crippen LogP contribution in [0.5, 0.6) is 0 Å². The maximum atomic E-state index is 12.8. The fourth-order valence-corrected chi connectivity index (χ4v) is 4.16. The lowest BCUT2D eigenvalue weighted by molar-refractivity contribution is -0.126. The minimum atomic E-state index is -0.605. The molecule has 1 aromatic rings. The van der Waals surface area contributed by atoms with Gasteiger partial charge in [0.25, 0.3) is 0 Å². The van der Waals surface area contributed by atoms with E-state index in [0.717, 1.165) is 44.6 Å². The lowest BCUT2D eigenvalue weighted by Crippen LogP contribution is -2.64. The van der Waals surface area contributed by atoms with E-state index in [4.69, 9.17) is 5.73 Å². The molecule has 4 heteroatoms. The maximum absolute atomic E-state index is 12.8. The van der Waals surface area contributed by atoms with E-state index in [2.05, 4.69) is 43.1 Å². The predicted octanol–water partition coefficient (Wildman–Crippen LogP) is 2.78. The Bertz CT molecular complexity index is 497. The molecular formula is C19H31N3O. The Labute approximate surface area is 140 Å². The monoisotopic (exact) mass is 317 g/mol. The first-order chi connectivity index (χ1) is 11.0. The number of carbonyl (C=O) groups is 1. The average molecular weight is 317 g/mol. The molecule has 0 aliphatic carbocycles. The minimum absolute atomic E-state index is 0.177. The van der Waals surface area contributed by atoms with E-state index in [0.29, 0.717) is 11.8 Å². The van der Waals surface area contributed by atoms with Gasteiger partial charge in [-0.25, -0.2) is 0 Å². The molecule has 23 heavy (non-hydrogen) atoms. The molecule has 2 rings (SSSR count). The summed E-state index contributed by atoms with van der Waals surface area (Å²) >= 11 is 0. The number of benzene rings is 1. The molecular weight excluding hydrogens is 286 g/mol. The molecule has 1 aromatic carbocycles. The van der Waals surface area contributed by atoms with Crippen LogP contribution in [-0.2, 0) is 4.79 Å². The van der Waals surface area contributed by atoms with Gasteiger partial charge in [0.05, 0.1) is 0 Å². The summed E-state index contributed by atoms with van der Waals surface area (Å²) < 4.78 is 0. The summed E-state index contributed by atoms with van der Waals surface area (Å²) in [6.45, 7) is 9.18. The van der Waals surface area contributed by atoms with E-state index in [1.807, 2.05) is 18.2 Å². The fraction of sp³-hybridized carbons (Fsp3) is 0.632. The molecule has 0 saturated carbocycles. The molecule has 0 aromatic heterocycles. The zero-order valence-electron chi connectivity index (χ0n) is 14.7. The van der Waals surface area contributed by atoms with Gasteiger partial charge in [-0.2, -0.15) is 0 Å². The van der Waals surface area contributed by atoms with Crippen LogP contribution in [0, 0.1) is 11.8 Å². The molecule has 1 aliphatic heterocycles. The molecule has 0 bridgehead atoms. The SMILES string of the molecule is CCN(c1ccccc1)[C@@](CC(C)C)(C(N)=O)C1CCNCC1. The maximum Gasteiger partial charge on any atom is 0.243 e. The molecule has 1 heterocycles. The minimum Gasteiger partial charge on any atom is -0.368 e. The molecule has 1 saturated heterocycles. The van der Waals surface area contributed by atoms with Crippen molar-refractivity contribution in [3.63, 3.8) is 0 Å². The van der Waals surface area contributed by atoms with Gasteiger partial charge in [0.2, 0.25) is 5.91 Å². The van der Waals surface area contributed by atoms with E-state index in [1.54, 1.807) is 0 Å². The first-order valence-electron chi connectivity index (χ1n) is 8.85. The molecule has 128 valence electrons. The summed E-state index contributed by atoms with van der Waals surface area (Å²) in [5.74, 6) is 0.530. The number of anilines is 1. The highest BCUT2D eigenvalue weighted by Crippen LogP contribution is 2.39. The van der Waals surface area contributed by atoms with Crippen molar-refractivity contribution in [1.29, 1.82) is 0 Å². The summed E-state index contributed by atoms with van der Waals surface area (Å²) in [7, 11) is 0. The molecule has 0 spiro atoms. The van der Waals surface area contributed by atoms with E-state index < -0.39 is 5.54 Å². The fourth-order valence-electron chi connectivity index (χ4n) is 4.16. The summed E-state index contributed by atoms with van der Waals surface area (Å²) in [6.07, 6.45) is 2.80. The second kappa shape index (κ2) is 7.82. The zero-order chi connectivity index (χ0) is 16.9. The highest BCUT2D eigenvalue weighted by molar-refractivity contribution is 5.89. The molecule has 1 atom stereocenters. The number of piperidine rings is 1. The number of hydrogen-bond acceptors (Lipinski definition) is 3. The second-order valence-electron chi connectivity index (χ2n) is 6.99. The lowest BCUT2D eigenvalue weighted by Gasteiger charge is -2.50. The van der Waals surface area contributed by atoms with Crippen LogP contribution < -0.4 is 16.0 Å². The van der Waals surface area contributed by atoms with E-state index in [9.17, 15) is 4.79 Å². The number of amides is 1. The first kappa shape index (κ1) is 17.8. The van der Waals surface area contributed by atoms with Crippen LogP contribution in [0.4, 0.5) is 5.69 Å². The number of carbonyl (C=O) groups excluding carboxylic acids is 1. The highest BCUT2D eigenvalue weighted by atomic mass is 16.1. The van der Waals surface area contributed by atoms with Crippen LogP contribution in [0.25, 0.3) is 0 Å². The Balaban J connectivity index is 2.50. The van der Waals surface area contributed by atoms with Crippen molar-refractivity contribution in [2.45, 2.75) is 45.6 Å². The van der Waals surface area contributed by atoms with Gasteiger partial charge in [0.1, 0.15) is 5.54 Å². The number of nitrogens with two attached hydrogens (primary N) is 1. The highest BCUT2D eigenvalue weighted by Gasteiger charge is 2.49. The molecule has 0 unspecified atom stereocenters. The molecule has 1 fully saturated rings. The van der Waals surface area contributed by atoms with Crippen LogP contribution in [0.2, 0.25) is 0 Å². The number of likely N-dealkylation sites (N-methyl/N-ethyl adjacent to an activating group) is 1. The van der Waals surface area contributed by atoms with Crippen molar-refractivity contribution in [3.8, 4) is 0 Å². The number of nitrogens with one attached hydrogen (secondary N) is 1. The quantitative estimate of drug-likeness (QED) is 0.813. The average Bonchev–Trinajstić information content (AvgIpc) is 2.55. The first-order valence-corrected chi connectivity index (χ1v) is 8.85. The Kier molecular flexibility index (Phi) is 6.05. The van der Waals surface area contributed by atoms with Crippen LogP contribution in [0.1, 0.15) is 40.0 Å². The normalized spacial score (nSPS) is 18.6. The summed E-state index contributed by atoms with van der Waals surface area (Å²) in [5, 5.41) is 3.41. The van der Waals surface area contributed by atoms with Gasteiger partial charge in [0.15, 0.2) is 0 Å². The third-order valence-electron chi connectivity index (χ3n) is 5.03. The molecule has 1 aliphatic rings. The number of nitrogens with zero attached hydrogens (tertiary/aromatic N) is 1. The third-order valence-corrected chi connectivity index (χ3v) is 5.03. The zero-order valence-corrected chi connectivity index (χ0v) is 14.7. The molecule has 1 amide bonds. The van der Waals surface area contributed by atoms with Crippen LogP contribution >= 0.6 is 0 Å². The van der Waals surface area contributed by atoms with Crippen molar-refractivity contribution < 1.29 is 4.79 Å². The van der Waals surface area contributed by atoms with Crippen molar-refractivity contribution in [3.05, 3.63) is 30.3 Å². The van der Waals surface area contributed by atoms with Crippen molar-refractivity contribution in [2.75, 3.05) is 24.5 Å². The molecule has 4 nitrogen and oxygen atoms in total. The van der Waals surface area contributed by atoms with Gasteiger partial charge in [-0.15, -0.1) is 0 Å². The Morgan fingerprint density at radius 1 is 1.30 bits per heavy atom. The van der Waals surface area contributed by atoms with Crippen molar-refractivity contribution >= 4 is 11.6 Å². The number of primary amides is 1. The Hall–Kier alpha value is -1.55. The summed E-state index contributed by atoms with van der Waals surface area (Å²) in [4.78, 5) is 15.0. The summed E-state index contributed by atoms with van der Waals surface area (Å²) in [5.41, 5.74) is 6.55. The van der Waals surface area contributed by atoms with E-state index in [1.165, 1.54) is 0 Å². The number of rotatable bonds is 7. The summed E-state index contributed by atoms with van der Waals surface area (Å²) in [6, 6.07) is 10.2. The van der Waals surface area contributed by atoms with E-state index in [-0.39, 0.29) is 5.91 Å². The smallest absolute Gasteiger partial charge is 0.243 e. The van der Waals surface area contributed by atoms with E-state index >= 15 is 0 Å². The topological polar surface area (TPSA) is 58.4 Å². The third kappa shape index (κ3) is 3.69. The van der Waals surface area contributed by atoms with Gasteiger partial charge in [-0.3, -0.25) is 4.79 Å². The van der Waals surface area contributed by atoms with Crippen LogP contribution in [0.15, 0.2) is 30.3 Å². The van der Waals surface area contributed by atoms with Crippen molar-refractivity contribution in [1.82, 2.24) is 5.32 Å². The number of para-hydroxylation sites is 1. The van der Waals surface area contributed by atoms with Gasteiger partial charge in [0, 0.05) is 12.2 Å². The van der Waals surface area contributed by atoms with Crippen molar-refractivity contribution in [2.24, 2.45) is 17.6 Å². The van der Waals surface area contributed by atoms with Gasteiger partial charge < -0.3 is 16.0 Å². The molecule has 3 N–H and O–H groups in total. The second-order valence-corrected chi connectivity index (χ2v) is 6.99. The van der Waals surface area contributed by atoms with Crippen LogP contribution in [0.3, 0.4) is 0 Å². The predicted molar refractivity (Wildman–Crippen MR) is 96.4 cm³/mol. The standard InChI is InChI=1S/C19H31N3O/c1-4-22(17-8-6-5-7-9-17)19(18(20)23,14-15(2)3)16-10-12-21-13-11-16/h5-9,15-16,21H,4,10-14H2,1-3H3,(H2,20,23)/t19-/m1/s1.